The van der Waals surface area contributed by atoms with E-state index in [1.54, 1.807) is 0 Å². The fourth-order valence-electron chi connectivity index (χ4n) is 3.32. The zero-order chi connectivity index (χ0) is 13.7. The maximum absolute atomic E-state index is 6.09. The van der Waals surface area contributed by atoms with E-state index in [0.29, 0.717) is 12.1 Å². The van der Waals surface area contributed by atoms with Crippen LogP contribution in [0.2, 0.25) is 0 Å². The quantitative estimate of drug-likeness (QED) is 0.791. The molecule has 0 aromatic rings. The third-order valence-corrected chi connectivity index (χ3v) is 4.83. The highest BCUT2D eigenvalue weighted by molar-refractivity contribution is 4.93. The van der Waals surface area contributed by atoms with Gasteiger partial charge in [0.25, 0.3) is 0 Å². The Morgan fingerprint density at radius 3 is 2.79 bits per heavy atom. The van der Waals surface area contributed by atoms with Crippen molar-refractivity contribution >= 4 is 0 Å². The number of hydrogen-bond acceptors (Lipinski definition) is 4. The standard InChI is InChI=1S/C15H31N3O/c1-13(2)18-8-4-6-15(12-16,7-9-18)17-11-14-5-3-10-19-14/h13-14,17H,3-12,16H2,1-2H3. The summed E-state index contributed by atoms with van der Waals surface area (Å²) in [5.41, 5.74) is 6.23. The Balaban J connectivity index is 1.86. The third kappa shape index (κ3) is 4.15. The molecule has 0 saturated carbocycles. The molecule has 2 aliphatic heterocycles. The summed E-state index contributed by atoms with van der Waals surface area (Å²) in [5, 5.41) is 3.75. The van der Waals surface area contributed by atoms with Gasteiger partial charge in [-0.1, -0.05) is 0 Å². The van der Waals surface area contributed by atoms with Gasteiger partial charge in [-0.05, 0) is 52.5 Å². The molecule has 2 saturated heterocycles. The van der Waals surface area contributed by atoms with Crippen LogP contribution in [-0.2, 0) is 4.74 Å². The van der Waals surface area contributed by atoms with Crippen molar-refractivity contribution in [3.05, 3.63) is 0 Å². The Morgan fingerprint density at radius 2 is 2.16 bits per heavy atom. The summed E-state index contributed by atoms with van der Waals surface area (Å²) in [6.07, 6.45) is 6.42. The SMILES string of the molecule is CC(C)N1CCCC(CN)(NCC2CCCO2)CC1. The van der Waals surface area contributed by atoms with Gasteiger partial charge in [-0.2, -0.15) is 0 Å². The van der Waals surface area contributed by atoms with E-state index in [1.165, 1.54) is 32.2 Å². The number of likely N-dealkylation sites (tertiary alicyclic amines) is 1. The van der Waals surface area contributed by atoms with Crippen LogP contribution in [0, 0.1) is 0 Å². The lowest BCUT2D eigenvalue weighted by Gasteiger charge is -2.34. The first-order chi connectivity index (χ1) is 9.15. The summed E-state index contributed by atoms with van der Waals surface area (Å²) in [7, 11) is 0. The Labute approximate surface area is 118 Å². The summed E-state index contributed by atoms with van der Waals surface area (Å²) < 4.78 is 5.71. The van der Waals surface area contributed by atoms with E-state index in [2.05, 4.69) is 24.1 Å². The molecule has 4 nitrogen and oxygen atoms in total. The van der Waals surface area contributed by atoms with Gasteiger partial charge in [0.15, 0.2) is 0 Å². The molecular formula is C15H31N3O. The summed E-state index contributed by atoms with van der Waals surface area (Å²) >= 11 is 0. The van der Waals surface area contributed by atoms with Gasteiger partial charge >= 0.3 is 0 Å². The topological polar surface area (TPSA) is 50.5 Å². The molecule has 3 N–H and O–H groups in total. The summed E-state index contributed by atoms with van der Waals surface area (Å²) in [4.78, 5) is 2.57. The van der Waals surface area contributed by atoms with E-state index < -0.39 is 0 Å². The smallest absolute Gasteiger partial charge is 0.0700 e. The predicted molar refractivity (Wildman–Crippen MR) is 79.3 cm³/mol. The van der Waals surface area contributed by atoms with Crippen LogP contribution < -0.4 is 11.1 Å². The molecule has 19 heavy (non-hydrogen) atoms. The van der Waals surface area contributed by atoms with Crippen molar-refractivity contribution in [2.75, 3.05) is 32.8 Å². The minimum atomic E-state index is 0.135. The van der Waals surface area contributed by atoms with Crippen LogP contribution in [0.1, 0.15) is 46.0 Å². The van der Waals surface area contributed by atoms with Gasteiger partial charge in [0.05, 0.1) is 6.10 Å². The fourth-order valence-corrected chi connectivity index (χ4v) is 3.32. The van der Waals surface area contributed by atoms with Crippen LogP contribution in [0.5, 0.6) is 0 Å². The molecule has 2 heterocycles. The summed E-state index contributed by atoms with van der Waals surface area (Å²) in [6, 6.07) is 0.645. The molecule has 2 unspecified atom stereocenters. The molecule has 2 fully saturated rings. The van der Waals surface area contributed by atoms with Crippen LogP contribution in [0.15, 0.2) is 0 Å². The van der Waals surface area contributed by atoms with E-state index in [0.717, 1.165) is 32.7 Å². The molecule has 0 aromatic heterocycles. The Kier molecular flexibility index (Phi) is 5.63. The minimum absolute atomic E-state index is 0.135. The Bertz CT molecular complexity index is 266. The molecule has 0 radical (unpaired) electrons. The van der Waals surface area contributed by atoms with Crippen LogP contribution >= 0.6 is 0 Å². The molecule has 2 aliphatic rings. The molecule has 2 rings (SSSR count). The van der Waals surface area contributed by atoms with Crippen LogP contribution in [-0.4, -0.2) is 55.4 Å². The molecule has 4 heteroatoms. The van der Waals surface area contributed by atoms with Crippen LogP contribution in [0.4, 0.5) is 0 Å². The second kappa shape index (κ2) is 7.02. The largest absolute Gasteiger partial charge is 0.377 e. The fraction of sp³-hybridized carbons (Fsp3) is 1.00. The van der Waals surface area contributed by atoms with Crippen molar-refractivity contribution in [2.24, 2.45) is 5.73 Å². The van der Waals surface area contributed by atoms with Gasteiger partial charge < -0.3 is 20.7 Å². The molecular weight excluding hydrogens is 238 g/mol. The number of rotatable bonds is 5. The van der Waals surface area contributed by atoms with E-state index in [9.17, 15) is 0 Å². The minimum Gasteiger partial charge on any atom is -0.377 e. The first kappa shape index (κ1) is 15.2. The third-order valence-electron chi connectivity index (χ3n) is 4.83. The highest BCUT2D eigenvalue weighted by atomic mass is 16.5. The van der Waals surface area contributed by atoms with Crippen molar-refractivity contribution < 1.29 is 4.74 Å². The summed E-state index contributed by atoms with van der Waals surface area (Å²) in [6.45, 7) is 9.59. The second-order valence-electron chi connectivity index (χ2n) is 6.48. The maximum Gasteiger partial charge on any atom is 0.0700 e. The number of nitrogens with two attached hydrogens (primary N) is 1. The summed E-state index contributed by atoms with van der Waals surface area (Å²) in [5.74, 6) is 0. The van der Waals surface area contributed by atoms with Crippen molar-refractivity contribution in [3.8, 4) is 0 Å². The molecule has 0 spiro atoms. The van der Waals surface area contributed by atoms with Crippen molar-refractivity contribution in [3.63, 3.8) is 0 Å². The number of nitrogens with zero attached hydrogens (tertiary/aromatic N) is 1. The lowest BCUT2D eigenvalue weighted by Crippen LogP contribution is -2.53. The van der Waals surface area contributed by atoms with Crippen LogP contribution in [0.3, 0.4) is 0 Å². The predicted octanol–water partition coefficient (Wildman–Crippen LogP) is 1.35. The molecule has 0 aliphatic carbocycles. The van der Waals surface area contributed by atoms with Crippen molar-refractivity contribution in [1.29, 1.82) is 0 Å². The molecule has 0 bridgehead atoms. The van der Waals surface area contributed by atoms with Crippen LogP contribution in [0.25, 0.3) is 0 Å². The zero-order valence-corrected chi connectivity index (χ0v) is 12.7. The van der Waals surface area contributed by atoms with E-state index in [1.807, 2.05) is 0 Å². The van der Waals surface area contributed by atoms with Gasteiger partial charge in [0, 0.05) is 37.8 Å². The average Bonchev–Trinajstić information content (AvgIpc) is 2.82. The number of nitrogens with one attached hydrogen (secondary N) is 1. The van der Waals surface area contributed by atoms with E-state index in [4.69, 9.17) is 10.5 Å². The van der Waals surface area contributed by atoms with E-state index >= 15 is 0 Å². The highest BCUT2D eigenvalue weighted by Gasteiger charge is 2.32. The molecule has 0 amide bonds. The number of hydrogen-bond donors (Lipinski definition) is 2. The monoisotopic (exact) mass is 269 g/mol. The van der Waals surface area contributed by atoms with Gasteiger partial charge in [-0.3, -0.25) is 0 Å². The Morgan fingerprint density at radius 1 is 1.32 bits per heavy atom. The maximum atomic E-state index is 6.09. The lowest BCUT2D eigenvalue weighted by molar-refractivity contribution is 0.0986. The van der Waals surface area contributed by atoms with Crippen molar-refractivity contribution in [2.45, 2.75) is 63.6 Å². The first-order valence-electron chi connectivity index (χ1n) is 7.96. The number of ether oxygens (including phenoxy) is 1. The second-order valence-corrected chi connectivity index (χ2v) is 6.48. The highest BCUT2D eigenvalue weighted by Crippen LogP contribution is 2.23. The molecule has 0 aromatic carbocycles. The first-order valence-corrected chi connectivity index (χ1v) is 7.96. The van der Waals surface area contributed by atoms with Gasteiger partial charge in [-0.15, -0.1) is 0 Å². The van der Waals surface area contributed by atoms with Gasteiger partial charge in [0.2, 0.25) is 0 Å². The molecule has 2 atom stereocenters. The van der Waals surface area contributed by atoms with Gasteiger partial charge in [0.1, 0.15) is 0 Å². The normalized spacial score (nSPS) is 33.8. The van der Waals surface area contributed by atoms with E-state index in [-0.39, 0.29) is 5.54 Å². The molecule has 112 valence electrons. The lowest BCUT2D eigenvalue weighted by atomic mass is 9.90. The Hall–Kier alpha value is -0.160. The van der Waals surface area contributed by atoms with Crippen molar-refractivity contribution in [1.82, 2.24) is 10.2 Å². The zero-order valence-electron chi connectivity index (χ0n) is 12.7. The van der Waals surface area contributed by atoms with Gasteiger partial charge in [-0.25, -0.2) is 0 Å². The average molecular weight is 269 g/mol.